The molecule has 1 atom stereocenters. The minimum Gasteiger partial charge on any atom is -0.372 e. The maximum Gasteiger partial charge on any atom is 0.0368 e. The quantitative estimate of drug-likeness (QED) is 0.691. The molecule has 0 aliphatic heterocycles. The fourth-order valence-corrected chi connectivity index (χ4v) is 2.81. The van der Waals surface area contributed by atoms with E-state index in [-0.39, 0.29) is 0 Å². The number of aryl methyl sites for hydroxylation is 1. The van der Waals surface area contributed by atoms with Gasteiger partial charge in [-0.1, -0.05) is 13.0 Å². The molecule has 2 nitrogen and oxygen atoms in total. The maximum atomic E-state index is 3.48. The number of nitrogens with zero attached hydrogens (tertiary/aromatic N) is 1. The first-order valence-corrected chi connectivity index (χ1v) is 9.01. The smallest absolute Gasteiger partial charge is 0.0368 e. The summed E-state index contributed by atoms with van der Waals surface area (Å²) < 4.78 is 0. The molecule has 0 fully saturated rings. The molecule has 1 aromatic rings. The van der Waals surface area contributed by atoms with Gasteiger partial charge >= 0.3 is 0 Å². The minimum atomic E-state index is 0.589. The molecule has 1 rings (SSSR count). The summed E-state index contributed by atoms with van der Waals surface area (Å²) in [6, 6.07) is 7.43. The molecule has 0 aliphatic rings. The number of benzene rings is 1. The summed E-state index contributed by atoms with van der Waals surface area (Å²) in [7, 11) is 2.20. The van der Waals surface area contributed by atoms with Crippen LogP contribution in [0.4, 0.5) is 5.69 Å². The minimum absolute atomic E-state index is 0.589. The SMILES string of the molecule is CCCNCc1ccc(N(C)C(C)CCSC)cc1C. The van der Waals surface area contributed by atoms with Crippen LogP contribution in [0, 0.1) is 6.92 Å². The first-order valence-electron chi connectivity index (χ1n) is 7.62. The number of thioether (sulfide) groups is 1. The van der Waals surface area contributed by atoms with E-state index in [1.54, 1.807) is 0 Å². The molecule has 0 bridgehead atoms. The Bertz CT molecular complexity index is 393. The van der Waals surface area contributed by atoms with Crippen molar-refractivity contribution in [3.05, 3.63) is 29.3 Å². The second kappa shape index (κ2) is 9.30. The molecule has 0 aliphatic carbocycles. The molecule has 0 saturated heterocycles. The normalized spacial score (nSPS) is 12.4. The fourth-order valence-electron chi connectivity index (χ4n) is 2.23. The lowest BCUT2D eigenvalue weighted by Crippen LogP contribution is -2.29. The summed E-state index contributed by atoms with van der Waals surface area (Å²) in [6.45, 7) is 8.79. The molecule has 0 radical (unpaired) electrons. The van der Waals surface area contributed by atoms with Crippen LogP contribution in [0.5, 0.6) is 0 Å². The maximum absolute atomic E-state index is 3.48. The molecule has 0 amide bonds. The summed E-state index contributed by atoms with van der Waals surface area (Å²) in [5.41, 5.74) is 4.12. The van der Waals surface area contributed by atoms with E-state index in [0.29, 0.717) is 6.04 Å². The predicted molar refractivity (Wildman–Crippen MR) is 94.0 cm³/mol. The molecule has 0 spiro atoms. The lowest BCUT2D eigenvalue weighted by atomic mass is 10.1. The summed E-state index contributed by atoms with van der Waals surface area (Å²) >= 11 is 1.92. The summed E-state index contributed by atoms with van der Waals surface area (Å²) in [5.74, 6) is 1.23. The third-order valence-electron chi connectivity index (χ3n) is 3.88. The van der Waals surface area contributed by atoms with Crippen molar-refractivity contribution < 1.29 is 0 Å². The van der Waals surface area contributed by atoms with E-state index in [2.05, 4.69) is 62.5 Å². The largest absolute Gasteiger partial charge is 0.372 e. The first-order chi connectivity index (χ1) is 9.60. The Balaban J connectivity index is 2.65. The molecule has 20 heavy (non-hydrogen) atoms. The molecule has 114 valence electrons. The van der Waals surface area contributed by atoms with Crippen LogP contribution in [0.15, 0.2) is 18.2 Å². The highest BCUT2D eigenvalue weighted by Gasteiger charge is 2.10. The van der Waals surface area contributed by atoms with Gasteiger partial charge in [0.05, 0.1) is 0 Å². The van der Waals surface area contributed by atoms with Crippen LogP contribution in [-0.2, 0) is 6.54 Å². The van der Waals surface area contributed by atoms with Crippen LogP contribution < -0.4 is 10.2 Å². The zero-order valence-electron chi connectivity index (χ0n) is 13.7. The number of anilines is 1. The van der Waals surface area contributed by atoms with Crippen LogP contribution in [-0.4, -0.2) is 31.6 Å². The van der Waals surface area contributed by atoms with E-state index in [4.69, 9.17) is 0 Å². The third-order valence-corrected chi connectivity index (χ3v) is 4.52. The van der Waals surface area contributed by atoms with Gasteiger partial charge in [0.2, 0.25) is 0 Å². The van der Waals surface area contributed by atoms with E-state index in [9.17, 15) is 0 Å². The predicted octanol–water partition coefficient (Wildman–Crippen LogP) is 4.07. The zero-order chi connectivity index (χ0) is 15.0. The van der Waals surface area contributed by atoms with Crippen molar-refractivity contribution in [2.45, 2.75) is 46.2 Å². The Morgan fingerprint density at radius 2 is 2.10 bits per heavy atom. The van der Waals surface area contributed by atoms with Crippen molar-refractivity contribution >= 4 is 17.4 Å². The highest BCUT2D eigenvalue weighted by molar-refractivity contribution is 7.98. The first kappa shape index (κ1) is 17.4. The van der Waals surface area contributed by atoms with Gasteiger partial charge in [0.15, 0.2) is 0 Å². The molecular formula is C17H30N2S. The van der Waals surface area contributed by atoms with Crippen molar-refractivity contribution in [3.63, 3.8) is 0 Å². The van der Waals surface area contributed by atoms with Crippen LogP contribution in [0.3, 0.4) is 0 Å². The Kier molecular flexibility index (Phi) is 8.08. The van der Waals surface area contributed by atoms with E-state index >= 15 is 0 Å². The highest BCUT2D eigenvalue weighted by Crippen LogP contribution is 2.21. The van der Waals surface area contributed by atoms with Gasteiger partial charge in [-0.2, -0.15) is 11.8 Å². The average molecular weight is 295 g/mol. The molecule has 0 aromatic heterocycles. The lowest BCUT2D eigenvalue weighted by molar-refractivity contribution is 0.665. The number of nitrogens with one attached hydrogen (secondary N) is 1. The van der Waals surface area contributed by atoms with Crippen LogP contribution in [0.25, 0.3) is 0 Å². The number of rotatable bonds is 9. The van der Waals surface area contributed by atoms with E-state index in [1.807, 2.05) is 11.8 Å². The monoisotopic (exact) mass is 294 g/mol. The van der Waals surface area contributed by atoms with Crippen molar-refractivity contribution in [1.29, 1.82) is 0 Å². The third kappa shape index (κ3) is 5.37. The molecular weight excluding hydrogens is 264 g/mol. The zero-order valence-corrected chi connectivity index (χ0v) is 14.5. The van der Waals surface area contributed by atoms with Gasteiger partial charge in [-0.05, 0) is 68.5 Å². The van der Waals surface area contributed by atoms with Crippen molar-refractivity contribution in [3.8, 4) is 0 Å². The summed E-state index contributed by atoms with van der Waals surface area (Å²) in [4.78, 5) is 2.40. The highest BCUT2D eigenvalue weighted by atomic mass is 32.2. The van der Waals surface area contributed by atoms with Crippen LogP contribution >= 0.6 is 11.8 Å². The molecule has 0 saturated carbocycles. The fraction of sp³-hybridized carbons (Fsp3) is 0.647. The second-order valence-corrected chi connectivity index (χ2v) is 6.51. The Hall–Kier alpha value is -0.670. The van der Waals surface area contributed by atoms with Gasteiger partial charge < -0.3 is 10.2 Å². The topological polar surface area (TPSA) is 15.3 Å². The van der Waals surface area contributed by atoms with Gasteiger partial charge in [0.1, 0.15) is 0 Å². The van der Waals surface area contributed by atoms with Gasteiger partial charge in [-0.15, -0.1) is 0 Å². The Labute approximate surface area is 129 Å². The second-order valence-electron chi connectivity index (χ2n) is 5.53. The van der Waals surface area contributed by atoms with Crippen molar-refractivity contribution in [2.24, 2.45) is 0 Å². The van der Waals surface area contributed by atoms with E-state index in [1.165, 1.54) is 35.4 Å². The Morgan fingerprint density at radius 3 is 2.70 bits per heavy atom. The van der Waals surface area contributed by atoms with Crippen molar-refractivity contribution in [2.75, 3.05) is 30.5 Å². The van der Waals surface area contributed by atoms with Gasteiger partial charge in [0, 0.05) is 25.3 Å². The molecule has 0 heterocycles. The molecule has 1 unspecified atom stereocenters. The molecule has 1 aromatic carbocycles. The lowest BCUT2D eigenvalue weighted by Gasteiger charge is -2.27. The van der Waals surface area contributed by atoms with Gasteiger partial charge in [-0.3, -0.25) is 0 Å². The standard InChI is InChI=1S/C17H30N2S/c1-6-10-18-13-16-7-8-17(12-14(16)2)19(4)15(3)9-11-20-5/h7-8,12,15,18H,6,9-11,13H2,1-5H3. The van der Waals surface area contributed by atoms with Gasteiger partial charge in [-0.25, -0.2) is 0 Å². The van der Waals surface area contributed by atoms with Crippen LogP contribution in [0.2, 0.25) is 0 Å². The van der Waals surface area contributed by atoms with Crippen molar-refractivity contribution in [1.82, 2.24) is 5.32 Å². The summed E-state index contributed by atoms with van der Waals surface area (Å²) in [5, 5.41) is 3.48. The van der Waals surface area contributed by atoms with Gasteiger partial charge in [0.25, 0.3) is 0 Å². The van der Waals surface area contributed by atoms with E-state index < -0.39 is 0 Å². The summed E-state index contributed by atoms with van der Waals surface area (Å²) in [6.07, 6.45) is 4.60. The molecule has 1 N–H and O–H groups in total. The number of hydrogen-bond donors (Lipinski definition) is 1. The van der Waals surface area contributed by atoms with E-state index in [0.717, 1.165) is 13.1 Å². The van der Waals surface area contributed by atoms with Crippen LogP contribution in [0.1, 0.15) is 37.8 Å². The Morgan fingerprint density at radius 1 is 1.35 bits per heavy atom. The molecule has 3 heteroatoms. The average Bonchev–Trinajstić information content (AvgIpc) is 2.45. The number of hydrogen-bond acceptors (Lipinski definition) is 3.